The number of nitrogens with zero attached hydrogens (tertiary/aromatic N) is 4. The molecule has 2 aliphatic heterocycles. The Balaban J connectivity index is 1.45. The molecule has 0 saturated heterocycles. The lowest BCUT2D eigenvalue weighted by molar-refractivity contribution is -0.127. The smallest absolute Gasteiger partial charge is 0.231 e. The van der Waals surface area contributed by atoms with Crippen molar-refractivity contribution in [2.75, 3.05) is 13.9 Å². The van der Waals surface area contributed by atoms with Gasteiger partial charge in [0.2, 0.25) is 12.7 Å². The van der Waals surface area contributed by atoms with Crippen molar-refractivity contribution in [1.82, 2.24) is 14.6 Å². The largest absolute Gasteiger partial charge is 0.454 e. The van der Waals surface area contributed by atoms with Crippen molar-refractivity contribution in [3.05, 3.63) is 77.5 Å². The molecule has 31 heavy (non-hydrogen) atoms. The fourth-order valence-electron chi connectivity index (χ4n) is 3.40. The number of aliphatic imine (C=N–C) groups is 1. The highest BCUT2D eigenvalue weighted by molar-refractivity contribution is 6.31. The van der Waals surface area contributed by atoms with Crippen LogP contribution in [0.4, 0.5) is 0 Å². The Bertz CT molecular complexity index is 1160. The number of hydrogen-bond acceptors (Lipinski definition) is 7. The third kappa shape index (κ3) is 3.60. The van der Waals surface area contributed by atoms with Gasteiger partial charge < -0.3 is 18.8 Å². The molecule has 1 unspecified atom stereocenters. The number of ether oxygens (including phenoxy) is 3. The maximum absolute atomic E-state index is 6.60. The van der Waals surface area contributed by atoms with Crippen molar-refractivity contribution in [3.8, 4) is 22.9 Å². The molecule has 5 rings (SSSR count). The molecule has 0 spiro atoms. The third-order valence-corrected chi connectivity index (χ3v) is 5.48. The van der Waals surface area contributed by atoms with Crippen LogP contribution in [0.15, 0.2) is 76.9 Å². The van der Waals surface area contributed by atoms with E-state index < -0.39 is 6.17 Å². The van der Waals surface area contributed by atoms with Crippen LogP contribution < -0.4 is 14.2 Å². The molecule has 8 nitrogen and oxygen atoms in total. The van der Waals surface area contributed by atoms with E-state index in [1.54, 1.807) is 19.6 Å². The van der Waals surface area contributed by atoms with E-state index in [1.165, 1.54) is 5.06 Å². The molecule has 0 radical (unpaired) electrons. The van der Waals surface area contributed by atoms with Crippen LogP contribution in [0.5, 0.6) is 17.2 Å². The van der Waals surface area contributed by atoms with Crippen molar-refractivity contribution < 1.29 is 19.0 Å². The number of aromatic nitrogens is 2. The molecular weight excluding hydrogens is 420 g/mol. The standard InChI is InChI=1S/C22H19ClN4O4/c1-14-20(23)27(28-2)21(15-3-8-18-19(11-15)30-13-29-18)25-22(14)31-17-6-4-16(5-7-17)26-10-9-24-12-26/h3-12,21H,13H2,1-2H3. The van der Waals surface area contributed by atoms with Crippen molar-refractivity contribution in [1.29, 1.82) is 0 Å². The zero-order valence-corrected chi connectivity index (χ0v) is 17.6. The van der Waals surface area contributed by atoms with Crippen LogP contribution in [0.2, 0.25) is 0 Å². The molecule has 3 aromatic rings. The number of benzene rings is 2. The Morgan fingerprint density at radius 2 is 1.90 bits per heavy atom. The molecule has 2 aliphatic rings. The summed E-state index contributed by atoms with van der Waals surface area (Å²) in [5, 5.41) is 1.92. The predicted molar refractivity (Wildman–Crippen MR) is 114 cm³/mol. The number of hydroxylamine groups is 2. The van der Waals surface area contributed by atoms with Gasteiger partial charge in [0, 0.05) is 29.2 Å². The summed E-state index contributed by atoms with van der Waals surface area (Å²) in [6, 6.07) is 13.2. The van der Waals surface area contributed by atoms with Gasteiger partial charge in [0.15, 0.2) is 17.7 Å². The molecule has 3 heterocycles. The first-order valence-corrected chi connectivity index (χ1v) is 9.95. The lowest BCUT2D eigenvalue weighted by Crippen LogP contribution is -2.32. The summed E-state index contributed by atoms with van der Waals surface area (Å²) < 4.78 is 18.9. The lowest BCUT2D eigenvalue weighted by Gasteiger charge is -2.33. The second-order valence-corrected chi connectivity index (χ2v) is 7.27. The van der Waals surface area contributed by atoms with Crippen LogP contribution in [0.3, 0.4) is 0 Å². The van der Waals surface area contributed by atoms with Gasteiger partial charge in [-0.2, -0.15) is 0 Å². The van der Waals surface area contributed by atoms with Crippen molar-refractivity contribution >= 4 is 17.5 Å². The van der Waals surface area contributed by atoms with Gasteiger partial charge in [-0.3, -0.25) is 4.84 Å². The Hall–Kier alpha value is -3.49. The highest BCUT2D eigenvalue weighted by atomic mass is 35.5. The molecule has 1 atom stereocenters. The van der Waals surface area contributed by atoms with Crippen molar-refractivity contribution in [2.45, 2.75) is 13.1 Å². The van der Waals surface area contributed by atoms with Crippen LogP contribution in [0, 0.1) is 0 Å². The summed E-state index contributed by atoms with van der Waals surface area (Å²) in [7, 11) is 1.55. The normalized spacial score (nSPS) is 17.7. The molecule has 0 fully saturated rings. The first-order valence-electron chi connectivity index (χ1n) is 9.58. The average Bonchev–Trinajstić information content (AvgIpc) is 3.49. The Labute approximate surface area is 183 Å². The molecule has 2 aromatic carbocycles. The quantitative estimate of drug-likeness (QED) is 0.561. The van der Waals surface area contributed by atoms with Gasteiger partial charge in [-0.15, -0.1) is 0 Å². The first-order chi connectivity index (χ1) is 15.1. The molecule has 158 valence electrons. The minimum atomic E-state index is -0.545. The highest BCUT2D eigenvalue weighted by Crippen LogP contribution is 2.39. The predicted octanol–water partition coefficient (Wildman–Crippen LogP) is 4.42. The number of imidazole rings is 1. The van der Waals surface area contributed by atoms with E-state index in [9.17, 15) is 0 Å². The average molecular weight is 439 g/mol. The highest BCUT2D eigenvalue weighted by Gasteiger charge is 2.32. The minimum absolute atomic E-state index is 0.198. The van der Waals surface area contributed by atoms with Gasteiger partial charge in [0.25, 0.3) is 0 Å². The summed E-state index contributed by atoms with van der Waals surface area (Å²) in [6.45, 7) is 2.03. The number of rotatable bonds is 4. The number of fused-ring (bicyclic) bond motifs is 1. The zero-order valence-electron chi connectivity index (χ0n) is 16.9. The molecule has 0 saturated carbocycles. The summed E-state index contributed by atoms with van der Waals surface area (Å²) in [5.41, 5.74) is 2.47. The van der Waals surface area contributed by atoms with Crippen LogP contribution in [0.25, 0.3) is 5.69 Å². The molecule has 0 aliphatic carbocycles. The zero-order chi connectivity index (χ0) is 21.4. The molecule has 1 aromatic heterocycles. The first kappa shape index (κ1) is 19.5. The minimum Gasteiger partial charge on any atom is -0.454 e. The number of halogens is 1. The third-order valence-electron chi connectivity index (χ3n) is 5.03. The molecule has 0 N–H and O–H groups in total. The summed E-state index contributed by atoms with van der Waals surface area (Å²) in [6.07, 6.45) is 4.80. The topological polar surface area (TPSA) is 70.3 Å². The molecule has 9 heteroatoms. The van der Waals surface area contributed by atoms with E-state index in [2.05, 4.69) is 4.98 Å². The summed E-state index contributed by atoms with van der Waals surface area (Å²) >= 11 is 6.60. The van der Waals surface area contributed by atoms with Gasteiger partial charge in [0.05, 0.1) is 13.4 Å². The lowest BCUT2D eigenvalue weighted by atomic mass is 10.1. The van der Waals surface area contributed by atoms with Gasteiger partial charge in [-0.05, 0) is 43.3 Å². The SMILES string of the molecule is CON1C(Cl)=C(C)C(Oc2ccc(-n3ccnc3)cc2)=NC1c1ccc2c(c1)OCO2. The van der Waals surface area contributed by atoms with Crippen LogP contribution >= 0.6 is 11.6 Å². The Morgan fingerprint density at radius 3 is 2.65 bits per heavy atom. The van der Waals surface area contributed by atoms with Crippen LogP contribution in [-0.2, 0) is 4.84 Å². The van der Waals surface area contributed by atoms with E-state index in [-0.39, 0.29) is 6.79 Å². The number of hydrogen-bond donors (Lipinski definition) is 0. The van der Waals surface area contributed by atoms with Gasteiger partial charge in [-0.1, -0.05) is 17.7 Å². The Morgan fingerprint density at radius 1 is 1.10 bits per heavy atom. The summed E-state index contributed by atoms with van der Waals surface area (Å²) in [5.74, 6) is 2.40. The fraction of sp³-hybridized carbons (Fsp3) is 0.182. The monoisotopic (exact) mass is 438 g/mol. The second kappa shape index (κ2) is 7.98. The van der Waals surface area contributed by atoms with E-state index in [0.717, 1.165) is 11.3 Å². The van der Waals surface area contributed by atoms with E-state index in [0.29, 0.717) is 33.9 Å². The van der Waals surface area contributed by atoms with Gasteiger partial charge in [0.1, 0.15) is 10.9 Å². The van der Waals surface area contributed by atoms with E-state index >= 15 is 0 Å². The van der Waals surface area contributed by atoms with Crippen LogP contribution in [-0.4, -0.2) is 34.4 Å². The van der Waals surface area contributed by atoms with Crippen molar-refractivity contribution in [3.63, 3.8) is 0 Å². The fourth-order valence-corrected chi connectivity index (χ4v) is 3.64. The van der Waals surface area contributed by atoms with Crippen molar-refractivity contribution in [2.24, 2.45) is 4.99 Å². The van der Waals surface area contributed by atoms with Gasteiger partial charge in [-0.25, -0.2) is 15.0 Å². The molecule has 0 bridgehead atoms. The van der Waals surface area contributed by atoms with E-state index in [1.807, 2.05) is 60.2 Å². The molecular formula is C22H19ClN4O4. The van der Waals surface area contributed by atoms with E-state index in [4.69, 9.17) is 35.6 Å². The molecule has 0 amide bonds. The second-order valence-electron chi connectivity index (χ2n) is 6.91. The van der Waals surface area contributed by atoms with Gasteiger partial charge >= 0.3 is 0 Å². The Kier molecular flexibility index (Phi) is 5.01. The summed E-state index contributed by atoms with van der Waals surface area (Å²) in [4.78, 5) is 14.4. The van der Waals surface area contributed by atoms with Crippen LogP contribution in [0.1, 0.15) is 18.7 Å². The maximum Gasteiger partial charge on any atom is 0.231 e. The maximum atomic E-state index is 6.60.